The summed E-state index contributed by atoms with van der Waals surface area (Å²) in [6.07, 6.45) is 3.19. The Morgan fingerprint density at radius 1 is 1.36 bits per heavy atom. The zero-order valence-corrected chi connectivity index (χ0v) is 15.4. The number of nitrogens with zero attached hydrogens (tertiary/aromatic N) is 3. The van der Waals surface area contributed by atoms with Gasteiger partial charge in [0.05, 0.1) is 29.7 Å². The molecule has 2 amide bonds. The first-order valence-electron chi connectivity index (χ1n) is 8.75. The summed E-state index contributed by atoms with van der Waals surface area (Å²) in [4.78, 5) is 21.5. The molecule has 0 aliphatic carbocycles. The Kier molecular flexibility index (Phi) is 5.95. The van der Waals surface area contributed by atoms with E-state index in [1.165, 1.54) is 6.21 Å². The number of amides is 2. The quantitative estimate of drug-likeness (QED) is 0.317. The third-order valence-electron chi connectivity index (χ3n) is 4.34. The van der Waals surface area contributed by atoms with Gasteiger partial charge >= 0.3 is 6.03 Å². The van der Waals surface area contributed by atoms with E-state index >= 15 is 0 Å². The highest BCUT2D eigenvalue weighted by atomic mass is 16.2. The van der Waals surface area contributed by atoms with E-state index in [9.17, 15) is 4.79 Å². The van der Waals surface area contributed by atoms with Crippen LogP contribution in [0.2, 0.25) is 0 Å². The summed E-state index contributed by atoms with van der Waals surface area (Å²) in [5, 5.41) is 20.2. The molecule has 1 atom stereocenters. The predicted octanol–water partition coefficient (Wildman–Crippen LogP) is 2.27. The maximum atomic E-state index is 12.6. The fraction of sp³-hybridized carbons (Fsp3) is 0.211. The van der Waals surface area contributed by atoms with Crippen LogP contribution >= 0.6 is 0 Å². The third-order valence-corrected chi connectivity index (χ3v) is 4.34. The van der Waals surface area contributed by atoms with Crippen molar-refractivity contribution in [2.24, 2.45) is 15.9 Å². The molecule has 0 fully saturated rings. The molecule has 1 aromatic carbocycles. The van der Waals surface area contributed by atoms with E-state index in [-0.39, 0.29) is 12.6 Å². The highest BCUT2D eigenvalue weighted by Crippen LogP contribution is 2.23. The summed E-state index contributed by atoms with van der Waals surface area (Å²) in [6, 6.07) is 10.5. The molecule has 1 aromatic heterocycles. The zero-order valence-electron chi connectivity index (χ0n) is 15.4. The largest absolute Gasteiger partial charge is 0.386 e. The number of aliphatic imine (C=N–C) groups is 1. The van der Waals surface area contributed by atoms with Gasteiger partial charge in [-0.3, -0.25) is 10.3 Å². The first kappa shape index (κ1) is 19.0. The summed E-state index contributed by atoms with van der Waals surface area (Å²) in [7, 11) is 1.75. The summed E-state index contributed by atoms with van der Waals surface area (Å²) in [5.74, 6) is 5.88. The molecule has 0 spiro atoms. The van der Waals surface area contributed by atoms with Gasteiger partial charge in [0, 0.05) is 31.5 Å². The molecule has 144 valence electrons. The maximum Gasteiger partial charge on any atom is 0.320 e. The second-order valence-corrected chi connectivity index (χ2v) is 6.17. The summed E-state index contributed by atoms with van der Waals surface area (Å²) in [5.41, 5.74) is 3.35. The second-order valence-electron chi connectivity index (χ2n) is 6.17. The molecule has 1 aliphatic heterocycles. The molecule has 1 aliphatic rings. The fourth-order valence-corrected chi connectivity index (χ4v) is 3.03. The highest BCUT2D eigenvalue weighted by Gasteiger charge is 2.19. The van der Waals surface area contributed by atoms with Crippen LogP contribution in [0.15, 0.2) is 46.5 Å². The standard InChI is InChI=1S/C19H22N8O/c1-22-18-13(9-20)7-17-24-16(18)11-23-10-14(27-21)8-15(25-19(28)26-17)12-5-3-2-4-6-12/h2-7,9-10,15,20,22H,8,11,21H2,1H3,(H2,24,25,26,28). The van der Waals surface area contributed by atoms with Gasteiger partial charge in [-0.15, -0.1) is 0 Å². The number of rotatable bonds is 3. The Morgan fingerprint density at radius 3 is 2.82 bits per heavy atom. The average Bonchev–Trinajstić information content (AvgIpc) is 2.71. The number of carbonyl (C=O) groups is 1. The normalized spacial score (nSPS) is 18.4. The van der Waals surface area contributed by atoms with Gasteiger partial charge in [0.1, 0.15) is 5.82 Å². The van der Waals surface area contributed by atoms with E-state index in [1.54, 1.807) is 19.3 Å². The molecule has 9 heteroatoms. The molecule has 1 unspecified atom stereocenters. The number of pyridine rings is 1. The Bertz CT molecular complexity index is 923. The number of anilines is 2. The van der Waals surface area contributed by atoms with E-state index in [2.05, 4.69) is 31.0 Å². The monoisotopic (exact) mass is 378 g/mol. The topological polar surface area (TPSA) is 141 Å². The van der Waals surface area contributed by atoms with Gasteiger partial charge in [-0.2, -0.15) is 5.10 Å². The number of fused-ring (bicyclic) bond motifs is 2. The number of nitrogens with one attached hydrogen (secondary N) is 4. The predicted molar refractivity (Wildman–Crippen MR) is 111 cm³/mol. The van der Waals surface area contributed by atoms with Crippen LogP contribution in [0.4, 0.5) is 16.3 Å². The SMILES string of the molecule is CNc1c(C=N)cc2nc1CN=CC(=NN)CC(c1ccccc1)NC(=O)N2. The van der Waals surface area contributed by atoms with Crippen molar-refractivity contribution < 1.29 is 4.79 Å². The van der Waals surface area contributed by atoms with Crippen molar-refractivity contribution in [2.45, 2.75) is 19.0 Å². The fourth-order valence-electron chi connectivity index (χ4n) is 3.03. The average molecular weight is 378 g/mol. The van der Waals surface area contributed by atoms with Crippen LogP contribution in [-0.2, 0) is 6.54 Å². The lowest BCUT2D eigenvalue weighted by Crippen LogP contribution is -2.34. The minimum atomic E-state index is -0.408. The first-order valence-corrected chi connectivity index (χ1v) is 8.75. The van der Waals surface area contributed by atoms with Crippen LogP contribution in [0, 0.1) is 5.41 Å². The number of aromatic nitrogens is 1. The number of benzene rings is 1. The molecule has 3 rings (SSSR count). The smallest absolute Gasteiger partial charge is 0.320 e. The molecule has 2 bridgehead atoms. The van der Waals surface area contributed by atoms with Crippen LogP contribution in [0.5, 0.6) is 0 Å². The van der Waals surface area contributed by atoms with Gasteiger partial charge in [-0.1, -0.05) is 30.3 Å². The molecular formula is C19H22N8O. The van der Waals surface area contributed by atoms with Crippen molar-refractivity contribution in [3.05, 3.63) is 53.2 Å². The van der Waals surface area contributed by atoms with Crippen LogP contribution in [-0.4, -0.2) is 36.2 Å². The van der Waals surface area contributed by atoms with Crippen molar-refractivity contribution >= 4 is 35.7 Å². The van der Waals surface area contributed by atoms with Crippen molar-refractivity contribution in [1.82, 2.24) is 10.3 Å². The minimum Gasteiger partial charge on any atom is -0.386 e. The lowest BCUT2D eigenvalue weighted by atomic mass is 10.0. The third kappa shape index (κ3) is 4.32. The van der Waals surface area contributed by atoms with Gasteiger partial charge in [0.2, 0.25) is 0 Å². The molecule has 28 heavy (non-hydrogen) atoms. The molecule has 9 nitrogen and oxygen atoms in total. The van der Waals surface area contributed by atoms with Crippen LogP contribution in [0.1, 0.15) is 29.3 Å². The van der Waals surface area contributed by atoms with Crippen molar-refractivity contribution in [2.75, 3.05) is 17.7 Å². The highest BCUT2D eigenvalue weighted by molar-refractivity contribution is 6.30. The number of urea groups is 1. The van der Waals surface area contributed by atoms with E-state index in [4.69, 9.17) is 11.3 Å². The zero-order chi connectivity index (χ0) is 19.9. The van der Waals surface area contributed by atoms with E-state index in [0.29, 0.717) is 34.9 Å². The van der Waals surface area contributed by atoms with E-state index < -0.39 is 6.03 Å². The number of hydrogen-bond donors (Lipinski definition) is 5. The Morgan fingerprint density at radius 2 is 2.14 bits per heavy atom. The van der Waals surface area contributed by atoms with Gasteiger partial charge in [-0.05, 0) is 11.6 Å². The Balaban J connectivity index is 2.01. The molecular weight excluding hydrogens is 356 g/mol. The number of hydrogen-bond acceptors (Lipinski definition) is 7. The lowest BCUT2D eigenvalue weighted by molar-refractivity contribution is 0.248. The Labute approximate surface area is 162 Å². The Hall–Kier alpha value is -3.75. The van der Waals surface area contributed by atoms with Crippen LogP contribution < -0.4 is 21.8 Å². The summed E-state index contributed by atoms with van der Waals surface area (Å²) >= 11 is 0. The molecule has 0 saturated heterocycles. The van der Waals surface area contributed by atoms with Crippen molar-refractivity contribution in [1.29, 1.82) is 5.41 Å². The molecule has 2 heterocycles. The maximum absolute atomic E-state index is 12.6. The van der Waals surface area contributed by atoms with Crippen LogP contribution in [0.25, 0.3) is 0 Å². The lowest BCUT2D eigenvalue weighted by Gasteiger charge is -2.20. The van der Waals surface area contributed by atoms with Crippen molar-refractivity contribution in [3.8, 4) is 0 Å². The van der Waals surface area contributed by atoms with E-state index in [0.717, 1.165) is 5.56 Å². The van der Waals surface area contributed by atoms with Gasteiger partial charge < -0.3 is 21.9 Å². The molecule has 6 N–H and O–H groups in total. The van der Waals surface area contributed by atoms with Crippen LogP contribution in [0.3, 0.4) is 0 Å². The molecule has 2 aromatic rings. The van der Waals surface area contributed by atoms with Crippen molar-refractivity contribution in [3.63, 3.8) is 0 Å². The second kappa shape index (κ2) is 8.76. The number of carbonyl (C=O) groups excluding carboxylic acids is 1. The van der Waals surface area contributed by atoms with Gasteiger partial charge in [-0.25, -0.2) is 9.78 Å². The van der Waals surface area contributed by atoms with Gasteiger partial charge in [0.15, 0.2) is 0 Å². The number of nitrogens with two attached hydrogens (primary N) is 1. The number of hydrazone groups is 1. The van der Waals surface area contributed by atoms with E-state index in [1.807, 2.05) is 30.3 Å². The minimum absolute atomic E-state index is 0.253. The van der Waals surface area contributed by atoms with Gasteiger partial charge in [0.25, 0.3) is 0 Å². The summed E-state index contributed by atoms with van der Waals surface area (Å²) < 4.78 is 0. The molecule has 0 saturated carbocycles. The summed E-state index contributed by atoms with van der Waals surface area (Å²) in [6.45, 7) is 0.253. The first-order chi connectivity index (χ1) is 13.6. The molecule has 0 radical (unpaired) electrons.